The molecule has 2 rings (SSSR count). The Balaban J connectivity index is 1.66. The van der Waals surface area contributed by atoms with Gasteiger partial charge in [-0.05, 0) is 69.1 Å². The predicted molar refractivity (Wildman–Crippen MR) is 115 cm³/mol. The van der Waals surface area contributed by atoms with Crippen molar-refractivity contribution >= 4 is 5.97 Å². The molecule has 0 radical (unpaired) electrons. The van der Waals surface area contributed by atoms with Crippen molar-refractivity contribution in [1.82, 2.24) is 0 Å². The lowest BCUT2D eigenvalue weighted by Crippen LogP contribution is -2.23. The van der Waals surface area contributed by atoms with Gasteiger partial charge < -0.3 is 4.74 Å². The third kappa shape index (κ3) is 8.16. The normalized spacial score (nSPS) is 28.0. The van der Waals surface area contributed by atoms with Crippen molar-refractivity contribution in [3.63, 3.8) is 0 Å². The molecular weight excluding hydrogens is 389 g/mol. The van der Waals surface area contributed by atoms with Gasteiger partial charge in [-0.15, -0.1) is 0 Å². The van der Waals surface area contributed by atoms with E-state index in [-0.39, 0.29) is 11.7 Å². The van der Waals surface area contributed by atoms with Gasteiger partial charge in [-0.1, -0.05) is 45.1 Å². The van der Waals surface area contributed by atoms with Gasteiger partial charge in [0, 0.05) is 11.6 Å². The Morgan fingerprint density at radius 3 is 2.30 bits per heavy atom. The summed E-state index contributed by atoms with van der Waals surface area (Å²) in [5, 5.41) is 0. The number of alkyl halides is 2. The molecule has 2 nitrogen and oxygen atoms in total. The molecule has 0 N–H and O–H groups in total. The van der Waals surface area contributed by atoms with Crippen molar-refractivity contribution in [1.29, 1.82) is 0 Å². The highest BCUT2D eigenvalue weighted by molar-refractivity contribution is 5.74. The van der Waals surface area contributed by atoms with Crippen molar-refractivity contribution in [2.45, 2.75) is 77.6 Å². The fourth-order valence-electron chi connectivity index (χ4n) is 4.37. The van der Waals surface area contributed by atoms with Crippen LogP contribution in [-0.4, -0.2) is 12.4 Å². The zero-order valence-corrected chi connectivity index (χ0v) is 18.1. The van der Waals surface area contributed by atoms with Gasteiger partial charge >= 0.3 is 5.97 Å². The van der Waals surface area contributed by atoms with E-state index in [1.807, 2.05) is 0 Å². The summed E-state index contributed by atoms with van der Waals surface area (Å²) in [5.74, 6) is 0.0347. The summed E-state index contributed by atoms with van der Waals surface area (Å²) in [4.78, 5) is 12.2. The van der Waals surface area contributed by atoms with Crippen molar-refractivity contribution in [3.05, 3.63) is 48.5 Å². The molecule has 2 aliphatic carbocycles. The molecule has 0 aromatic heterocycles. The predicted octanol–water partition coefficient (Wildman–Crippen LogP) is 7.69. The zero-order chi connectivity index (χ0) is 22.1. The molecule has 0 aromatic carbocycles. The second-order valence-corrected chi connectivity index (χ2v) is 8.95. The molecule has 2 fully saturated rings. The first-order valence-corrected chi connectivity index (χ1v) is 11.2. The third-order valence-corrected chi connectivity index (χ3v) is 6.48. The van der Waals surface area contributed by atoms with E-state index in [1.54, 1.807) is 0 Å². The Morgan fingerprint density at radius 2 is 1.70 bits per heavy atom. The standard InChI is InChI=1S/C25H35F3O2/c1-17-8-10-20(11-9-17)6-4-5-7-21-12-14-22(15-13-21)25(29)30-18(2)16-23(26)19(3)24(27)28/h4,6,16-17,20-22,24H,2-3,5,7-15H2,1H3/b6-4+,23-16+. The number of carbonyl (C=O) groups is 1. The van der Waals surface area contributed by atoms with Crippen molar-refractivity contribution in [2.75, 3.05) is 0 Å². The highest BCUT2D eigenvalue weighted by atomic mass is 19.3. The Kier molecular flexibility index (Phi) is 9.93. The maximum absolute atomic E-state index is 13.5. The van der Waals surface area contributed by atoms with Crippen LogP contribution in [0.3, 0.4) is 0 Å². The highest BCUT2D eigenvalue weighted by Crippen LogP contribution is 2.33. The van der Waals surface area contributed by atoms with Crippen molar-refractivity contribution in [2.24, 2.45) is 23.7 Å². The van der Waals surface area contributed by atoms with Crippen LogP contribution in [0.15, 0.2) is 48.5 Å². The van der Waals surface area contributed by atoms with E-state index in [4.69, 9.17) is 4.74 Å². The Hall–Kier alpha value is -1.78. The first kappa shape index (κ1) is 24.5. The minimum absolute atomic E-state index is 0.243. The van der Waals surface area contributed by atoms with E-state index in [0.29, 0.717) is 12.0 Å². The smallest absolute Gasteiger partial charge is 0.314 e. The summed E-state index contributed by atoms with van der Waals surface area (Å²) in [5.41, 5.74) is -0.945. The van der Waals surface area contributed by atoms with Gasteiger partial charge in [-0.3, -0.25) is 4.79 Å². The average Bonchev–Trinajstić information content (AvgIpc) is 2.72. The van der Waals surface area contributed by atoms with Gasteiger partial charge in [0.05, 0.1) is 5.92 Å². The van der Waals surface area contributed by atoms with Crippen LogP contribution in [-0.2, 0) is 9.53 Å². The van der Waals surface area contributed by atoms with Crippen LogP contribution < -0.4 is 0 Å². The van der Waals surface area contributed by atoms with E-state index in [0.717, 1.165) is 50.4 Å². The summed E-state index contributed by atoms with van der Waals surface area (Å²) in [6, 6.07) is 0. The first-order chi connectivity index (χ1) is 14.3. The van der Waals surface area contributed by atoms with Gasteiger partial charge in [-0.25, -0.2) is 13.2 Å². The zero-order valence-electron chi connectivity index (χ0n) is 18.1. The molecular formula is C25H35F3O2. The van der Waals surface area contributed by atoms with Crippen LogP contribution >= 0.6 is 0 Å². The van der Waals surface area contributed by atoms with E-state index in [2.05, 4.69) is 32.2 Å². The lowest BCUT2D eigenvalue weighted by molar-refractivity contribution is -0.145. The molecule has 0 atom stereocenters. The fraction of sp³-hybridized carbons (Fsp3) is 0.640. The number of carbonyl (C=O) groups excluding carboxylic acids is 1. The maximum atomic E-state index is 13.5. The minimum atomic E-state index is -3.00. The summed E-state index contributed by atoms with van der Waals surface area (Å²) in [6.07, 6.45) is 13.3. The van der Waals surface area contributed by atoms with E-state index >= 15 is 0 Å². The third-order valence-electron chi connectivity index (χ3n) is 6.48. The molecule has 0 aliphatic heterocycles. The fourth-order valence-corrected chi connectivity index (χ4v) is 4.37. The summed E-state index contributed by atoms with van der Waals surface area (Å²) in [6.45, 7) is 8.73. The topological polar surface area (TPSA) is 26.3 Å². The summed E-state index contributed by atoms with van der Waals surface area (Å²) in [7, 11) is 0. The van der Waals surface area contributed by atoms with Gasteiger partial charge in [0.15, 0.2) is 0 Å². The van der Waals surface area contributed by atoms with Crippen LogP contribution in [0.4, 0.5) is 13.2 Å². The van der Waals surface area contributed by atoms with E-state index in [1.165, 1.54) is 25.7 Å². The SMILES string of the molecule is C=C(/C=C(/F)C(=C)C(F)F)OC(=O)C1CCC(CC/C=C/C2CCC(C)CC2)CC1. The molecule has 5 heteroatoms. The van der Waals surface area contributed by atoms with Crippen LogP contribution in [0.1, 0.15) is 71.1 Å². The number of hydrogen-bond acceptors (Lipinski definition) is 2. The van der Waals surface area contributed by atoms with Crippen LogP contribution in [0, 0.1) is 23.7 Å². The Labute approximate surface area is 178 Å². The number of hydrogen-bond donors (Lipinski definition) is 0. The van der Waals surface area contributed by atoms with Crippen molar-refractivity contribution in [3.8, 4) is 0 Å². The monoisotopic (exact) mass is 424 g/mol. The molecule has 168 valence electrons. The second kappa shape index (κ2) is 12.2. The number of rotatable bonds is 9. The number of halogens is 3. The van der Waals surface area contributed by atoms with Crippen LogP contribution in [0.2, 0.25) is 0 Å². The van der Waals surface area contributed by atoms with Gasteiger partial charge in [-0.2, -0.15) is 0 Å². The largest absolute Gasteiger partial charge is 0.427 e. The molecule has 0 heterocycles. The maximum Gasteiger partial charge on any atom is 0.314 e. The molecule has 2 saturated carbocycles. The van der Waals surface area contributed by atoms with Crippen molar-refractivity contribution < 1.29 is 22.7 Å². The molecule has 30 heavy (non-hydrogen) atoms. The van der Waals surface area contributed by atoms with Crippen LogP contribution in [0.5, 0.6) is 0 Å². The molecule has 0 amide bonds. The minimum Gasteiger partial charge on any atom is -0.427 e. The lowest BCUT2D eigenvalue weighted by Gasteiger charge is -2.27. The number of ether oxygens (including phenoxy) is 1. The Bertz CT molecular complexity index is 649. The second-order valence-electron chi connectivity index (χ2n) is 8.95. The molecule has 0 aromatic rings. The number of esters is 1. The van der Waals surface area contributed by atoms with E-state index < -0.39 is 23.8 Å². The Morgan fingerprint density at radius 1 is 1.07 bits per heavy atom. The molecule has 0 unspecified atom stereocenters. The van der Waals surface area contributed by atoms with E-state index in [9.17, 15) is 18.0 Å². The molecule has 0 saturated heterocycles. The quantitative estimate of drug-likeness (QED) is 0.164. The summed E-state index contributed by atoms with van der Waals surface area (Å²) >= 11 is 0. The van der Waals surface area contributed by atoms with Gasteiger partial charge in [0.2, 0.25) is 0 Å². The molecule has 0 spiro atoms. The van der Waals surface area contributed by atoms with Crippen LogP contribution in [0.25, 0.3) is 0 Å². The first-order valence-electron chi connectivity index (χ1n) is 11.2. The number of allylic oxidation sites excluding steroid dienone is 5. The lowest BCUT2D eigenvalue weighted by atomic mass is 9.79. The summed E-state index contributed by atoms with van der Waals surface area (Å²) < 4.78 is 43.4. The molecule has 2 aliphatic rings. The average molecular weight is 425 g/mol. The molecule has 0 bridgehead atoms. The van der Waals surface area contributed by atoms with Gasteiger partial charge in [0.25, 0.3) is 6.43 Å². The van der Waals surface area contributed by atoms with Gasteiger partial charge in [0.1, 0.15) is 11.6 Å². The highest BCUT2D eigenvalue weighted by Gasteiger charge is 2.27.